The summed E-state index contributed by atoms with van der Waals surface area (Å²) in [5, 5.41) is 3.36. The van der Waals surface area contributed by atoms with Crippen molar-refractivity contribution in [2.75, 3.05) is 20.3 Å². The second-order valence-corrected chi connectivity index (χ2v) is 5.41. The third-order valence-electron chi connectivity index (χ3n) is 4.13. The van der Waals surface area contributed by atoms with Crippen LogP contribution in [0.4, 0.5) is 0 Å². The zero-order valence-electron chi connectivity index (χ0n) is 11.1. The van der Waals surface area contributed by atoms with Gasteiger partial charge in [-0.1, -0.05) is 0 Å². The average molecular weight is 241 g/mol. The molecule has 0 aromatic rings. The lowest BCUT2D eigenvalue weighted by atomic mass is 9.93. The normalized spacial score (nSPS) is 34.1. The van der Waals surface area contributed by atoms with Crippen LogP contribution in [0.25, 0.3) is 0 Å². The predicted octanol–water partition coefficient (Wildman–Crippen LogP) is 2.49. The Hall–Kier alpha value is -0.120. The highest BCUT2D eigenvalue weighted by atomic mass is 16.5. The van der Waals surface area contributed by atoms with E-state index in [2.05, 4.69) is 12.4 Å². The van der Waals surface area contributed by atoms with Crippen LogP contribution in [-0.4, -0.2) is 38.5 Å². The van der Waals surface area contributed by atoms with Gasteiger partial charge in [-0.2, -0.15) is 0 Å². The van der Waals surface area contributed by atoms with Gasteiger partial charge in [-0.15, -0.1) is 0 Å². The van der Waals surface area contributed by atoms with Crippen LogP contribution in [0, 0.1) is 0 Å². The number of ether oxygens (including phenoxy) is 2. The van der Waals surface area contributed by atoms with E-state index in [9.17, 15) is 0 Å². The summed E-state index contributed by atoms with van der Waals surface area (Å²) >= 11 is 0. The molecule has 17 heavy (non-hydrogen) atoms. The largest absolute Gasteiger partial charge is 0.378 e. The molecule has 0 bridgehead atoms. The summed E-state index contributed by atoms with van der Waals surface area (Å²) < 4.78 is 11.6. The number of rotatable bonds is 6. The van der Waals surface area contributed by atoms with Crippen LogP contribution in [0.2, 0.25) is 0 Å². The van der Waals surface area contributed by atoms with Crippen molar-refractivity contribution in [2.24, 2.45) is 0 Å². The summed E-state index contributed by atoms with van der Waals surface area (Å²) in [5.41, 5.74) is 0. The lowest BCUT2D eigenvalue weighted by Crippen LogP contribution is -2.33. The molecule has 100 valence electrons. The highest BCUT2D eigenvalue weighted by molar-refractivity contribution is 4.76. The minimum absolute atomic E-state index is 0.518. The summed E-state index contributed by atoms with van der Waals surface area (Å²) in [5.74, 6) is 0. The van der Waals surface area contributed by atoms with Crippen molar-refractivity contribution in [1.82, 2.24) is 5.32 Å². The van der Waals surface area contributed by atoms with Gasteiger partial charge in [-0.3, -0.25) is 0 Å². The average Bonchev–Trinajstić information content (AvgIpc) is 2.88. The summed E-state index contributed by atoms with van der Waals surface area (Å²) in [6, 6.07) is 0.724. The van der Waals surface area contributed by atoms with E-state index in [1.54, 1.807) is 0 Å². The third-order valence-corrected chi connectivity index (χ3v) is 4.13. The molecule has 1 heterocycles. The molecule has 1 aliphatic carbocycles. The van der Waals surface area contributed by atoms with Crippen molar-refractivity contribution in [3.63, 3.8) is 0 Å². The Morgan fingerprint density at radius 1 is 1.18 bits per heavy atom. The molecule has 0 amide bonds. The van der Waals surface area contributed by atoms with Gasteiger partial charge in [-0.25, -0.2) is 0 Å². The maximum absolute atomic E-state index is 5.95. The number of hydrogen-bond acceptors (Lipinski definition) is 3. The van der Waals surface area contributed by atoms with Gasteiger partial charge in [0.1, 0.15) is 0 Å². The SMILES string of the molecule is CNC1CCC(OCCCC2CCCO2)CC1. The molecule has 2 fully saturated rings. The summed E-state index contributed by atoms with van der Waals surface area (Å²) in [7, 11) is 2.06. The fraction of sp³-hybridized carbons (Fsp3) is 1.00. The maximum atomic E-state index is 5.95. The second-order valence-electron chi connectivity index (χ2n) is 5.41. The molecule has 1 unspecified atom stereocenters. The Balaban J connectivity index is 1.48. The highest BCUT2D eigenvalue weighted by Gasteiger charge is 2.20. The fourth-order valence-electron chi connectivity index (χ4n) is 2.95. The van der Waals surface area contributed by atoms with Gasteiger partial charge in [0, 0.05) is 19.3 Å². The molecular weight excluding hydrogens is 214 g/mol. The summed E-state index contributed by atoms with van der Waals surface area (Å²) in [4.78, 5) is 0. The Kier molecular flexibility index (Phi) is 5.75. The van der Waals surface area contributed by atoms with E-state index in [0.29, 0.717) is 12.2 Å². The lowest BCUT2D eigenvalue weighted by molar-refractivity contribution is 0.0143. The van der Waals surface area contributed by atoms with Gasteiger partial charge >= 0.3 is 0 Å². The smallest absolute Gasteiger partial charge is 0.0576 e. The quantitative estimate of drug-likeness (QED) is 0.725. The molecule has 2 aliphatic rings. The molecule has 1 atom stereocenters. The maximum Gasteiger partial charge on any atom is 0.0576 e. The van der Waals surface area contributed by atoms with E-state index in [0.717, 1.165) is 25.7 Å². The zero-order valence-corrected chi connectivity index (χ0v) is 11.1. The minimum atomic E-state index is 0.518. The molecule has 0 spiro atoms. The van der Waals surface area contributed by atoms with E-state index >= 15 is 0 Å². The van der Waals surface area contributed by atoms with Crippen molar-refractivity contribution in [1.29, 1.82) is 0 Å². The predicted molar refractivity (Wildman–Crippen MR) is 69.3 cm³/mol. The number of hydrogen-bond donors (Lipinski definition) is 1. The lowest BCUT2D eigenvalue weighted by Gasteiger charge is -2.28. The van der Waals surface area contributed by atoms with Crippen molar-refractivity contribution >= 4 is 0 Å². The van der Waals surface area contributed by atoms with Gasteiger partial charge in [0.15, 0.2) is 0 Å². The van der Waals surface area contributed by atoms with E-state index in [1.165, 1.54) is 44.9 Å². The van der Waals surface area contributed by atoms with Crippen LogP contribution in [0.5, 0.6) is 0 Å². The molecule has 1 saturated carbocycles. The molecule has 0 aromatic heterocycles. The monoisotopic (exact) mass is 241 g/mol. The van der Waals surface area contributed by atoms with Crippen molar-refractivity contribution < 1.29 is 9.47 Å². The first-order valence-corrected chi connectivity index (χ1v) is 7.29. The highest BCUT2D eigenvalue weighted by Crippen LogP contribution is 2.22. The first kappa shape index (κ1) is 13.3. The topological polar surface area (TPSA) is 30.5 Å². The van der Waals surface area contributed by atoms with Gasteiger partial charge in [-0.05, 0) is 58.4 Å². The van der Waals surface area contributed by atoms with Crippen LogP contribution in [-0.2, 0) is 9.47 Å². The van der Waals surface area contributed by atoms with Crippen LogP contribution in [0.1, 0.15) is 51.4 Å². The zero-order chi connectivity index (χ0) is 11.9. The van der Waals surface area contributed by atoms with E-state index in [-0.39, 0.29) is 0 Å². The second kappa shape index (κ2) is 7.34. The van der Waals surface area contributed by atoms with Crippen molar-refractivity contribution in [3.8, 4) is 0 Å². The Bertz CT molecular complexity index is 196. The Morgan fingerprint density at radius 3 is 2.65 bits per heavy atom. The van der Waals surface area contributed by atoms with Gasteiger partial charge in [0.2, 0.25) is 0 Å². The van der Waals surface area contributed by atoms with Crippen molar-refractivity contribution in [2.45, 2.75) is 69.6 Å². The van der Waals surface area contributed by atoms with Crippen LogP contribution >= 0.6 is 0 Å². The molecule has 2 rings (SSSR count). The Labute approximate surface area is 105 Å². The van der Waals surface area contributed by atoms with Crippen LogP contribution in [0.3, 0.4) is 0 Å². The van der Waals surface area contributed by atoms with E-state index < -0.39 is 0 Å². The van der Waals surface area contributed by atoms with Gasteiger partial charge in [0.25, 0.3) is 0 Å². The van der Waals surface area contributed by atoms with E-state index in [1.807, 2.05) is 0 Å². The molecule has 1 N–H and O–H groups in total. The van der Waals surface area contributed by atoms with Crippen molar-refractivity contribution in [3.05, 3.63) is 0 Å². The Morgan fingerprint density at radius 2 is 2.00 bits per heavy atom. The molecule has 1 saturated heterocycles. The fourth-order valence-corrected chi connectivity index (χ4v) is 2.95. The summed E-state index contributed by atoms with van der Waals surface area (Å²) in [6.07, 6.45) is 10.9. The van der Waals surface area contributed by atoms with Gasteiger partial charge in [0.05, 0.1) is 12.2 Å². The molecule has 0 aromatic carbocycles. The first-order valence-electron chi connectivity index (χ1n) is 7.29. The molecule has 3 nitrogen and oxygen atoms in total. The third kappa shape index (κ3) is 4.57. The first-order chi connectivity index (χ1) is 8.38. The van der Waals surface area contributed by atoms with Crippen LogP contribution in [0.15, 0.2) is 0 Å². The van der Waals surface area contributed by atoms with E-state index in [4.69, 9.17) is 9.47 Å². The standard InChI is InChI=1S/C14H27NO2/c1-15-12-6-8-14(9-7-12)17-11-3-5-13-4-2-10-16-13/h12-15H,2-11H2,1H3. The van der Waals surface area contributed by atoms with Gasteiger partial charge < -0.3 is 14.8 Å². The molecular formula is C14H27NO2. The van der Waals surface area contributed by atoms with Crippen LogP contribution < -0.4 is 5.32 Å². The number of nitrogens with one attached hydrogen (secondary N) is 1. The molecule has 0 radical (unpaired) electrons. The molecule has 3 heteroatoms. The summed E-state index contributed by atoms with van der Waals surface area (Å²) in [6.45, 7) is 1.90. The minimum Gasteiger partial charge on any atom is -0.378 e. The molecule has 1 aliphatic heterocycles.